The molecule has 0 spiro atoms. The van der Waals surface area contributed by atoms with Crippen LogP contribution in [0.3, 0.4) is 0 Å². The quantitative estimate of drug-likeness (QED) is 0.295. The summed E-state index contributed by atoms with van der Waals surface area (Å²) in [5.74, 6) is -0.00216. The molecule has 1 heterocycles. The Bertz CT molecular complexity index is 751. The maximum atomic E-state index is 12.0. The van der Waals surface area contributed by atoms with Crippen molar-refractivity contribution >= 4 is 45.5 Å². The Morgan fingerprint density at radius 2 is 2.20 bits per heavy atom. The van der Waals surface area contributed by atoms with E-state index in [2.05, 4.69) is 27.8 Å². The van der Waals surface area contributed by atoms with Crippen LogP contribution < -0.4 is 10.6 Å². The number of non-ortho nitro benzene ring substituents is 1. The highest BCUT2D eigenvalue weighted by atomic mass is 32.2. The van der Waals surface area contributed by atoms with Gasteiger partial charge in [-0.1, -0.05) is 36.4 Å². The van der Waals surface area contributed by atoms with E-state index in [1.54, 1.807) is 6.92 Å². The molecule has 0 aliphatic carbocycles. The fourth-order valence-corrected chi connectivity index (χ4v) is 3.50. The second-order valence-electron chi connectivity index (χ2n) is 5.25. The number of nitrogens with one attached hydrogen (secondary N) is 2. The minimum Gasteiger partial charge on any atom is -0.360 e. The Balaban J connectivity index is 1.83. The Morgan fingerprint density at radius 1 is 1.40 bits per heavy atom. The first-order valence-electron chi connectivity index (χ1n) is 7.74. The zero-order chi connectivity index (χ0) is 18.2. The van der Waals surface area contributed by atoms with Crippen molar-refractivity contribution < 1.29 is 9.72 Å². The summed E-state index contributed by atoms with van der Waals surface area (Å²) >= 11 is 2.72. The average Bonchev–Trinajstić information content (AvgIpc) is 3.03. The van der Waals surface area contributed by atoms with Gasteiger partial charge < -0.3 is 10.6 Å². The zero-order valence-corrected chi connectivity index (χ0v) is 15.6. The van der Waals surface area contributed by atoms with E-state index in [1.807, 2.05) is 0 Å². The number of anilines is 2. The Hall–Kier alpha value is -2.20. The van der Waals surface area contributed by atoms with E-state index >= 15 is 0 Å². The van der Waals surface area contributed by atoms with E-state index < -0.39 is 4.92 Å². The van der Waals surface area contributed by atoms with Gasteiger partial charge in [0.25, 0.3) is 5.69 Å². The molecule has 0 aliphatic rings. The van der Waals surface area contributed by atoms with Crippen LogP contribution in [-0.2, 0) is 4.79 Å². The third-order valence-electron chi connectivity index (χ3n) is 3.23. The number of amides is 1. The molecule has 8 nitrogen and oxygen atoms in total. The number of aromatic nitrogens is 2. The normalized spacial score (nSPS) is 10.5. The van der Waals surface area contributed by atoms with Crippen LogP contribution >= 0.6 is 23.1 Å². The third-order valence-corrected chi connectivity index (χ3v) is 5.25. The number of nitro groups is 1. The highest BCUT2D eigenvalue weighted by molar-refractivity contribution is 8.01. The highest BCUT2D eigenvalue weighted by Gasteiger charge is 2.12. The summed E-state index contributed by atoms with van der Waals surface area (Å²) in [6.45, 7) is 4.69. The van der Waals surface area contributed by atoms with Gasteiger partial charge in [-0.3, -0.25) is 14.9 Å². The predicted octanol–water partition coefficient (Wildman–Crippen LogP) is 3.70. The largest absolute Gasteiger partial charge is 0.360 e. The van der Waals surface area contributed by atoms with Gasteiger partial charge in [0, 0.05) is 24.4 Å². The van der Waals surface area contributed by atoms with Gasteiger partial charge >= 0.3 is 0 Å². The molecule has 1 aromatic carbocycles. The molecule has 0 fully saturated rings. The molecule has 2 N–H and O–H groups in total. The number of carbonyl (C=O) groups is 1. The molecule has 0 radical (unpaired) electrons. The number of unbranched alkanes of at least 4 members (excludes halogenated alkanes) is 1. The molecular weight excluding hydrogens is 362 g/mol. The fraction of sp³-hybridized carbons (Fsp3) is 0.400. The standard InChI is InChI=1S/C15H19N5O3S2/c1-3-4-7-16-14-18-19-15(25-14)24-9-13(21)17-12-6-5-11(20(22)23)8-10(12)2/h5-6,8H,3-4,7,9H2,1-2H3,(H,16,18)(H,17,21). The Morgan fingerprint density at radius 3 is 2.88 bits per heavy atom. The van der Waals surface area contributed by atoms with Crippen LogP contribution in [0.25, 0.3) is 0 Å². The first kappa shape index (κ1) is 19.1. The zero-order valence-electron chi connectivity index (χ0n) is 13.9. The van der Waals surface area contributed by atoms with E-state index in [9.17, 15) is 14.9 Å². The van der Waals surface area contributed by atoms with Gasteiger partial charge in [0.15, 0.2) is 4.34 Å². The van der Waals surface area contributed by atoms with Crippen LogP contribution in [0.4, 0.5) is 16.5 Å². The number of hydrogen-bond donors (Lipinski definition) is 2. The van der Waals surface area contributed by atoms with Gasteiger partial charge in [-0.05, 0) is 25.0 Å². The molecule has 0 saturated carbocycles. The summed E-state index contributed by atoms with van der Waals surface area (Å²) in [5, 5.41) is 25.5. The van der Waals surface area contributed by atoms with Gasteiger partial charge in [-0.25, -0.2) is 0 Å². The number of hydrogen-bond acceptors (Lipinski definition) is 8. The number of thioether (sulfide) groups is 1. The van der Waals surface area contributed by atoms with Crippen molar-refractivity contribution in [3.05, 3.63) is 33.9 Å². The smallest absolute Gasteiger partial charge is 0.269 e. The molecular formula is C15H19N5O3S2. The van der Waals surface area contributed by atoms with Gasteiger partial charge in [0.2, 0.25) is 11.0 Å². The first-order valence-corrected chi connectivity index (χ1v) is 9.55. The van der Waals surface area contributed by atoms with Gasteiger partial charge in [0.05, 0.1) is 10.7 Å². The van der Waals surface area contributed by atoms with Crippen molar-refractivity contribution in [1.82, 2.24) is 10.2 Å². The molecule has 10 heteroatoms. The molecule has 1 amide bonds. The number of benzene rings is 1. The lowest BCUT2D eigenvalue weighted by molar-refractivity contribution is -0.384. The molecule has 0 atom stereocenters. The predicted molar refractivity (Wildman–Crippen MR) is 100 cm³/mol. The Labute approximate surface area is 153 Å². The molecule has 1 aromatic heterocycles. The van der Waals surface area contributed by atoms with Crippen molar-refractivity contribution in [2.45, 2.75) is 31.0 Å². The van der Waals surface area contributed by atoms with Gasteiger partial charge in [-0.15, -0.1) is 10.2 Å². The lowest BCUT2D eigenvalue weighted by atomic mass is 10.2. The second-order valence-corrected chi connectivity index (χ2v) is 7.45. The van der Waals surface area contributed by atoms with Crippen LogP contribution in [0.1, 0.15) is 25.3 Å². The maximum Gasteiger partial charge on any atom is 0.269 e. The number of carbonyl (C=O) groups excluding carboxylic acids is 1. The van der Waals surface area contributed by atoms with E-state index in [-0.39, 0.29) is 17.3 Å². The molecule has 0 bridgehead atoms. The SMILES string of the molecule is CCCCNc1nnc(SCC(=O)Nc2ccc([N+](=O)[O-])cc2C)s1. The van der Waals surface area contributed by atoms with Crippen LogP contribution in [0.5, 0.6) is 0 Å². The first-order chi connectivity index (χ1) is 12.0. The summed E-state index contributed by atoms with van der Waals surface area (Å²) in [7, 11) is 0. The Kier molecular flexibility index (Phi) is 7.14. The van der Waals surface area contributed by atoms with Crippen LogP contribution in [-0.4, -0.2) is 33.3 Å². The lowest BCUT2D eigenvalue weighted by Crippen LogP contribution is -2.14. The molecule has 0 saturated heterocycles. The third kappa shape index (κ3) is 5.98. The minimum absolute atomic E-state index is 0.00170. The molecule has 0 unspecified atom stereocenters. The van der Waals surface area contributed by atoms with E-state index in [0.29, 0.717) is 11.3 Å². The van der Waals surface area contributed by atoms with Gasteiger partial charge in [-0.2, -0.15) is 0 Å². The molecule has 134 valence electrons. The highest BCUT2D eigenvalue weighted by Crippen LogP contribution is 2.26. The molecule has 2 rings (SSSR count). The number of rotatable bonds is 9. The van der Waals surface area contributed by atoms with Crippen molar-refractivity contribution in [2.24, 2.45) is 0 Å². The topological polar surface area (TPSA) is 110 Å². The summed E-state index contributed by atoms with van der Waals surface area (Å²) in [6, 6.07) is 4.34. The summed E-state index contributed by atoms with van der Waals surface area (Å²) in [6.07, 6.45) is 2.18. The van der Waals surface area contributed by atoms with Crippen molar-refractivity contribution in [3.8, 4) is 0 Å². The lowest BCUT2D eigenvalue weighted by Gasteiger charge is -2.07. The monoisotopic (exact) mass is 381 g/mol. The number of nitrogens with zero attached hydrogens (tertiary/aromatic N) is 3. The average molecular weight is 381 g/mol. The summed E-state index contributed by atoms with van der Waals surface area (Å²) < 4.78 is 0.717. The number of aryl methyl sites for hydroxylation is 1. The van der Waals surface area contributed by atoms with Crippen LogP contribution in [0.15, 0.2) is 22.5 Å². The second kappa shape index (κ2) is 9.33. The van der Waals surface area contributed by atoms with Crippen molar-refractivity contribution in [2.75, 3.05) is 22.9 Å². The van der Waals surface area contributed by atoms with E-state index in [1.165, 1.54) is 41.3 Å². The van der Waals surface area contributed by atoms with Crippen molar-refractivity contribution in [1.29, 1.82) is 0 Å². The summed E-state index contributed by atoms with van der Waals surface area (Å²) in [5.41, 5.74) is 1.21. The van der Waals surface area contributed by atoms with E-state index in [0.717, 1.165) is 28.9 Å². The molecule has 2 aromatic rings. The fourth-order valence-electron chi connectivity index (χ4n) is 1.93. The number of nitro benzene ring substituents is 1. The van der Waals surface area contributed by atoms with Crippen LogP contribution in [0, 0.1) is 17.0 Å². The van der Waals surface area contributed by atoms with E-state index in [4.69, 9.17) is 0 Å². The maximum absolute atomic E-state index is 12.0. The summed E-state index contributed by atoms with van der Waals surface area (Å²) in [4.78, 5) is 22.3. The molecule has 0 aliphatic heterocycles. The van der Waals surface area contributed by atoms with Gasteiger partial charge in [0.1, 0.15) is 0 Å². The van der Waals surface area contributed by atoms with Crippen molar-refractivity contribution in [3.63, 3.8) is 0 Å². The van der Waals surface area contributed by atoms with Crippen LogP contribution in [0.2, 0.25) is 0 Å². The molecule has 25 heavy (non-hydrogen) atoms. The minimum atomic E-state index is -0.462.